The minimum atomic E-state index is -0.483. The van der Waals surface area contributed by atoms with Crippen LogP contribution in [0.3, 0.4) is 0 Å². The van der Waals surface area contributed by atoms with Crippen LogP contribution in [-0.4, -0.2) is 92.6 Å². The van der Waals surface area contributed by atoms with Crippen molar-refractivity contribution >= 4 is 12.1 Å². The monoisotopic (exact) mass is 426 g/mol. The van der Waals surface area contributed by atoms with Gasteiger partial charge in [-0.25, -0.2) is 4.79 Å². The Bertz CT molecular complexity index is 536. The predicted molar refractivity (Wildman–Crippen MR) is 119 cm³/mol. The lowest BCUT2D eigenvalue weighted by Crippen LogP contribution is -2.49. The smallest absolute Gasteiger partial charge is 0.410 e. The Hall–Kier alpha value is -1.54. The molecule has 0 aromatic carbocycles. The van der Waals surface area contributed by atoms with E-state index >= 15 is 0 Å². The summed E-state index contributed by atoms with van der Waals surface area (Å²) in [5.41, 5.74) is -0.483. The SMILES string of the molecule is CCN(CCNC(=NC)N1CCC(OCC2CCCCO2)CC1)C(=O)OC(C)(C)C. The topological polar surface area (TPSA) is 75.6 Å². The third-order valence-electron chi connectivity index (χ3n) is 5.44. The average molecular weight is 427 g/mol. The van der Waals surface area contributed by atoms with Gasteiger partial charge in [-0.3, -0.25) is 4.99 Å². The zero-order valence-corrected chi connectivity index (χ0v) is 19.6. The quantitative estimate of drug-likeness (QED) is 0.498. The Labute approximate surface area is 182 Å². The van der Waals surface area contributed by atoms with Gasteiger partial charge in [0.2, 0.25) is 0 Å². The lowest BCUT2D eigenvalue weighted by atomic mass is 10.1. The lowest BCUT2D eigenvalue weighted by molar-refractivity contribution is -0.0721. The molecule has 0 aromatic rings. The Morgan fingerprint density at radius 2 is 1.97 bits per heavy atom. The standard InChI is InChI=1S/C22H42N4O4/c1-6-25(21(27)30-22(2,3)4)15-12-24-20(23-5)26-13-10-18(11-14-26)29-17-19-9-7-8-16-28-19/h18-19H,6-17H2,1-5H3,(H,23,24). The van der Waals surface area contributed by atoms with Crippen LogP contribution < -0.4 is 5.32 Å². The molecule has 0 saturated carbocycles. The largest absolute Gasteiger partial charge is 0.444 e. The number of hydrogen-bond donors (Lipinski definition) is 1. The second-order valence-corrected chi connectivity index (χ2v) is 9.04. The van der Waals surface area contributed by atoms with Crippen LogP contribution in [0.15, 0.2) is 4.99 Å². The molecule has 0 aliphatic carbocycles. The second kappa shape index (κ2) is 12.3. The van der Waals surface area contributed by atoms with Crippen molar-refractivity contribution in [3.63, 3.8) is 0 Å². The van der Waals surface area contributed by atoms with Gasteiger partial charge in [-0.1, -0.05) is 0 Å². The van der Waals surface area contributed by atoms with Gasteiger partial charge in [-0.15, -0.1) is 0 Å². The van der Waals surface area contributed by atoms with Crippen LogP contribution in [0.5, 0.6) is 0 Å². The van der Waals surface area contributed by atoms with Crippen molar-refractivity contribution in [2.75, 3.05) is 53.0 Å². The number of nitrogens with zero attached hydrogens (tertiary/aromatic N) is 3. The van der Waals surface area contributed by atoms with Gasteiger partial charge in [0, 0.05) is 46.4 Å². The van der Waals surface area contributed by atoms with E-state index in [1.807, 2.05) is 27.7 Å². The fraction of sp³-hybridized carbons (Fsp3) is 0.909. The van der Waals surface area contributed by atoms with Crippen molar-refractivity contribution in [2.24, 2.45) is 4.99 Å². The summed E-state index contributed by atoms with van der Waals surface area (Å²) in [4.78, 5) is 20.7. The van der Waals surface area contributed by atoms with Crippen LogP contribution in [0.1, 0.15) is 59.8 Å². The molecule has 1 N–H and O–H groups in total. The highest BCUT2D eigenvalue weighted by Crippen LogP contribution is 2.18. The molecule has 1 amide bonds. The molecule has 1 atom stereocenters. The maximum Gasteiger partial charge on any atom is 0.410 e. The van der Waals surface area contributed by atoms with Crippen LogP contribution in [0.4, 0.5) is 4.79 Å². The predicted octanol–water partition coefficient (Wildman–Crippen LogP) is 2.87. The molecule has 0 radical (unpaired) electrons. The van der Waals surface area contributed by atoms with Crippen molar-refractivity contribution < 1.29 is 19.0 Å². The third kappa shape index (κ3) is 8.68. The summed E-state index contributed by atoms with van der Waals surface area (Å²) in [6.07, 6.45) is 5.82. The van der Waals surface area contributed by atoms with Gasteiger partial charge in [-0.2, -0.15) is 0 Å². The van der Waals surface area contributed by atoms with Gasteiger partial charge in [0.1, 0.15) is 5.60 Å². The number of likely N-dealkylation sites (tertiary alicyclic amines) is 1. The molecule has 2 fully saturated rings. The van der Waals surface area contributed by atoms with E-state index in [9.17, 15) is 4.79 Å². The molecule has 0 bridgehead atoms. The number of amides is 1. The van der Waals surface area contributed by atoms with Crippen molar-refractivity contribution in [3.05, 3.63) is 0 Å². The van der Waals surface area contributed by atoms with E-state index < -0.39 is 5.60 Å². The van der Waals surface area contributed by atoms with Gasteiger partial charge in [-0.05, 0) is 59.8 Å². The summed E-state index contributed by atoms with van der Waals surface area (Å²) in [6.45, 7) is 12.9. The highest BCUT2D eigenvalue weighted by molar-refractivity contribution is 5.80. The molecule has 2 aliphatic rings. The number of carbonyl (C=O) groups is 1. The second-order valence-electron chi connectivity index (χ2n) is 9.04. The van der Waals surface area contributed by atoms with E-state index in [4.69, 9.17) is 14.2 Å². The van der Waals surface area contributed by atoms with E-state index in [1.54, 1.807) is 11.9 Å². The highest BCUT2D eigenvalue weighted by Gasteiger charge is 2.24. The highest BCUT2D eigenvalue weighted by atomic mass is 16.6. The molecule has 0 aromatic heterocycles. The zero-order chi connectivity index (χ0) is 22.0. The van der Waals surface area contributed by atoms with Crippen LogP contribution in [0.2, 0.25) is 0 Å². The van der Waals surface area contributed by atoms with Gasteiger partial charge < -0.3 is 29.3 Å². The Morgan fingerprint density at radius 1 is 1.23 bits per heavy atom. The molecule has 2 heterocycles. The number of carbonyl (C=O) groups excluding carboxylic acids is 1. The van der Waals surface area contributed by atoms with E-state index in [1.165, 1.54) is 12.8 Å². The molecular formula is C22H42N4O4. The minimum absolute atomic E-state index is 0.276. The molecule has 174 valence electrons. The first-order chi connectivity index (χ1) is 14.3. The number of likely N-dealkylation sites (N-methyl/N-ethyl adjacent to an activating group) is 1. The summed E-state index contributed by atoms with van der Waals surface area (Å²) < 4.78 is 17.3. The van der Waals surface area contributed by atoms with E-state index in [0.717, 1.165) is 51.5 Å². The maximum absolute atomic E-state index is 12.3. The van der Waals surface area contributed by atoms with E-state index in [0.29, 0.717) is 25.7 Å². The van der Waals surface area contributed by atoms with Gasteiger partial charge >= 0.3 is 6.09 Å². The molecule has 0 spiro atoms. The Balaban J connectivity index is 1.68. The fourth-order valence-corrected chi connectivity index (χ4v) is 3.76. The fourth-order valence-electron chi connectivity index (χ4n) is 3.76. The summed E-state index contributed by atoms with van der Waals surface area (Å²) in [5, 5.41) is 3.39. The molecule has 2 rings (SSSR count). The number of rotatable bonds is 7. The number of aliphatic imine (C=N–C) groups is 1. The molecule has 1 unspecified atom stereocenters. The van der Waals surface area contributed by atoms with Crippen LogP contribution in [0.25, 0.3) is 0 Å². The van der Waals surface area contributed by atoms with Gasteiger partial charge in [0.15, 0.2) is 5.96 Å². The lowest BCUT2D eigenvalue weighted by Gasteiger charge is -2.35. The van der Waals surface area contributed by atoms with Crippen molar-refractivity contribution in [1.29, 1.82) is 0 Å². The minimum Gasteiger partial charge on any atom is -0.444 e. The average Bonchev–Trinajstić information content (AvgIpc) is 2.72. The van der Waals surface area contributed by atoms with E-state index in [2.05, 4.69) is 15.2 Å². The van der Waals surface area contributed by atoms with Gasteiger partial charge in [0.05, 0.1) is 18.8 Å². The van der Waals surface area contributed by atoms with Crippen molar-refractivity contribution in [2.45, 2.75) is 77.6 Å². The third-order valence-corrected chi connectivity index (χ3v) is 5.44. The van der Waals surface area contributed by atoms with Crippen LogP contribution in [0, 0.1) is 0 Å². The maximum atomic E-state index is 12.3. The van der Waals surface area contributed by atoms with Crippen molar-refractivity contribution in [1.82, 2.24) is 15.1 Å². The molecule has 8 heteroatoms. The van der Waals surface area contributed by atoms with Crippen LogP contribution in [-0.2, 0) is 14.2 Å². The number of hydrogen-bond acceptors (Lipinski definition) is 5. The number of piperidine rings is 1. The molecule has 2 saturated heterocycles. The van der Waals surface area contributed by atoms with E-state index in [-0.39, 0.29) is 12.2 Å². The Morgan fingerprint density at radius 3 is 2.53 bits per heavy atom. The number of ether oxygens (including phenoxy) is 3. The first kappa shape index (κ1) is 24.7. The number of guanidine groups is 1. The first-order valence-corrected chi connectivity index (χ1v) is 11.5. The molecule has 30 heavy (non-hydrogen) atoms. The zero-order valence-electron chi connectivity index (χ0n) is 19.6. The Kier molecular flexibility index (Phi) is 10.2. The van der Waals surface area contributed by atoms with Crippen molar-refractivity contribution in [3.8, 4) is 0 Å². The summed E-state index contributed by atoms with van der Waals surface area (Å²) in [6, 6.07) is 0. The normalized spacial score (nSPS) is 21.4. The van der Waals surface area contributed by atoms with Gasteiger partial charge in [0.25, 0.3) is 0 Å². The molecule has 2 aliphatic heterocycles. The molecular weight excluding hydrogens is 384 g/mol. The van der Waals surface area contributed by atoms with Crippen LogP contribution >= 0.6 is 0 Å². The summed E-state index contributed by atoms with van der Waals surface area (Å²) in [7, 11) is 1.80. The molecule has 8 nitrogen and oxygen atoms in total. The first-order valence-electron chi connectivity index (χ1n) is 11.5. The summed E-state index contributed by atoms with van der Waals surface area (Å²) >= 11 is 0. The number of nitrogens with one attached hydrogen (secondary N) is 1. The summed E-state index contributed by atoms with van der Waals surface area (Å²) in [5.74, 6) is 0.879.